The van der Waals surface area contributed by atoms with E-state index in [1.165, 1.54) is 270 Å². The number of aliphatic hydroxyl groups excluding tert-OH is 1. The highest BCUT2D eigenvalue weighted by Crippen LogP contribution is 2.22. The van der Waals surface area contributed by atoms with Gasteiger partial charge in [0.05, 0.1) is 35.5 Å². The number of hydrogen-bond acceptors (Lipinski definition) is 4. The Morgan fingerprint density at radius 1 is 0.333 bits per heavy atom. The van der Waals surface area contributed by atoms with Gasteiger partial charge in [0, 0.05) is 0 Å². The topological polar surface area (TPSA) is 77.4 Å². The minimum atomic E-state index is -4.46. The molecular formula is C54H111NO4S. The lowest BCUT2D eigenvalue weighted by atomic mass is 10.0. The second kappa shape index (κ2) is 46.8. The van der Waals surface area contributed by atoms with E-state index in [2.05, 4.69) is 20.8 Å². The third kappa shape index (κ3) is 45.8. The van der Waals surface area contributed by atoms with Gasteiger partial charge in [-0.3, -0.25) is 0 Å². The Bertz CT molecular complexity index is 843. The maximum absolute atomic E-state index is 11.7. The summed E-state index contributed by atoms with van der Waals surface area (Å²) < 4.78 is 36.0. The standard InChI is InChI=1S/C54H111NO4S/c1-4-7-10-13-16-19-22-25-28-31-34-37-40-43-46-49-55(52-54(56)53-60(57,58)59,50-47-44-41-38-35-32-29-26-23-20-17-14-11-8-5-2)51-48-45-42-39-36-33-30-27-24-21-18-15-12-9-6-3/h54,56H,4-53H2,1-3H3. The van der Waals surface area contributed by atoms with Crippen LogP contribution in [0.15, 0.2) is 0 Å². The summed E-state index contributed by atoms with van der Waals surface area (Å²) in [5.41, 5.74) is 0. The number of hydrogen-bond donors (Lipinski definition) is 1. The molecule has 1 N–H and O–H groups in total. The summed E-state index contributed by atoms with van der Waals surface area (Å²) in [5.74, 6) is -0.649. The van der Waals surface area contributed by atoms with Gasteiger partial charge in [-0.2, -0.15) is 0 Å². The van der Waals surface area contributed by atoms with Crippen molar-refractivity contribution in [3.05, 3.63) is 0 Å². The molecule has 0 bridgehead atoms. The number of aliphatic hydroxyl groups is 1. The highest BCUT2D eigenvalue weighted by Gasteiger charge is 2.30. The van der Waals surface area contributed by atoms with Crippen LogP contribution >= 0.6 is 0 Å². The Kier molecular flexibility index (Phi) is 46.7. The van der Waals surface area contributed by atoms with E-state index in [9.17, 15) is 18.1 Å². The zero-order valence-corrected chi connectivity index (χ0v) is 42.3. The molecule has 0 aromatic rings. The van der Waals surface area contributed by atoms with Crippen molar-refractivity contribution in [2.24, 2.45) is 0 Å². The fourth-order valence-electron chi connectivity index (χ4n) is 9.80. The van der Waals surface area contributed by atoms with Gasteiger partial charge in [-0.05, 0) is 38.5 Å². The van der Waals surface area contributed by atoms with Crippen molar-refractivity contribution in [2.45, 2.75) is 316 Å². The summed E-state index contributed by atoms with van der Waals surface area (Å²) >= 11 is 0. The van der Waals surface area contributed by atoms with Crippen LogP contribution in [0.3, 0.4) is 0 Å². The molecule has 0 saturated carbocycles. The lowest BCUT2D eigenvalue weighted by molar-refractivity contribution is -0.931. The summed E-state index contributed by atoms with van der Waals surface area (Å²) in [7, 11) is -4.46. The first-order valence-electron chi connectivity index (χ1n) is 27.7. The molecule has 60 heavy (non-hydrogen) atoms. The molecule has 0 fully saturated rings. The van der Waals surface area contributed by atoms with Crippen LogP contribution in [0.2, 0.25) is 0 Å². The highest BCUT2D eigenvalue weighted by molar-refractivity contribution is 7.85. The van der Waals surface area contributed by atoms with Crippen molar-refractivity contribution in [1.29, 1.82) is 0 Å². The molecule has 0 spiro atoms. The van der Waals surface area contributed by atoms with E-state index in [0.29, 0.717) is 6.54 Å². The van der Waals surface area contributed by atoms with E-state index in [1.54, 1.807) is 0 Å². The number of nitrogens with zero attached hydrogens (tertiary/aromatic N) is 1. The van der Waals surface area contributed by atoms with Crippen molar-refractivity contribution < 1.29 is 22.6 Å². The van der Waals surface area contributed by atoms with Crippen LogP contribution < -0.4 is 0 Å². The second-order valence-corrected chi connectivity index (χ2v) is 21.4. The van der Waals surface area contributed by atoms with Gasteiger partial charge in [-0.15, -0.1) is 0 Å². The van der Waals surface area contributed by atoms with E-state index in [-0.39, 0.29) is 0 Å². The smallest absolute Gasteiger partial charge is 0.116 e. The molecule has 1 unspecified atom stereocenters. The molecule has 1 atom stereocenters. The van der Waals surface area contributed by atoms with Gasteiger partial charge in [0.2, 0.25) is 0 Å². The Balaban J connectivity index is 4.82. The van der Waals surface area contributed by atoms with Crippen molar-refractivity contribution in [3.63, 3.8) is 0 Å². The average Bonchev–Trinajstić information content (AvgIpc) is 3.21. The zero-order chi connectivity index (χ0) is 43.9. The third-order valence-corrected chi connectivity index (χ3v) is 14.5. The van der Waals surface area contributed by atoms with Crippen LogP contribution in [-0.2, 0) is 10.1 Å². The van der Waals surface area contributed by atoms with Gasteiger partial charge in [-0.1, -0.05) is 271 Å². The van der Waals surface area contributed by atoms with Crippen LogP contribution in [0.4, 0.5) is 0 Å². The summed E-state index contributed by atoms with van der Waals surface area (Å²) in [6.45, 7) is 10.3. The van der Waals surface area contributed by atoms with Gasteiger partial charge < -0.3 is 14.1 Å². The summed E-state index contributed by atoms with van der Waals surface area (Å²) in [5, 5.41) is 11.0. The molecule has 0 aromatic heterocycles. The van der Waals surface area contributed by atoms with Crippen molar-refractivity contribution in [3.8, 4) is 0 Å². The molecule has 0 aliphatic rings. The Morgan fingerprint density at radius 3 is 0.667 bits per heavy atom. The molecule has 0 radical (unpaired) electrons. The van der Waals surface area contributed by atoms with Gasteiger partial charge >= 0.3 is 0 Å². The first-order valence-corrected chi connectivity index (χ1v) is 29.3. The van der Waals surface area contributed by atoms with Crippen LogP contribution in [-0.4, -0.2) is 60.6 Å². The maximum atomic E-state index is 11.7. The zero-order valence-electron chi connectivity index (χ0n) is 41.5. The van der Waals surface area contributed by atoms with E-state index in [1.807, 2.05) is 0 Å². The maximum Gasteiger partial charge on any atom is 0.116 e. The molecule has 362 valence electrons. The predicted octanol–water partition coefficient (Wildman–Crippen LogP) is 17.3. The summed E-state index contributed by atoms with van der Waals surface area (Å²) in [4.78, 5) is 0. The van der Waals surface area contributed by atoms with Gasteiger partial charge in [0.25, 0.3) is 0 Å². The first-order chi connectivity index (χ1) is 29.3. The van der Waals surface area contributed by atoms with Gasteiger partial charge in [0.15, 0.2) is 0 Å². The van der Waals surface area contributed by atoms with Crippen LogP contribution in [0, 0.1) is 0 Å². The van der Waals surface area contributed by atoms with E-state index in [4.69, 9.17) is 0 Å². The quantitative estimate of drug-likeness (QED) is 0.0375. The molecule has 0 aliphatic carbocycles. The van der Waals surface area contributed by atoms with Gasteiger partial charge in [-0.25, -0.2) is 8.42 Å². The highest BCUT2D eigenvalue weighted by atomic mass is 32.2. The van der Waals surface area contributed by atoms with E-state index < -0.39 is 22.0 Å². The lowest BCUT2D eigenvalue weighted by Crippen LogP contribution is -2.55. The largest absolute Gasteiger partial charge is 0.748 e. The molecule has 6 heteroatoms. The van der Waals surface area contributed by atoms with E-state index in [0.717, 1.165) is 43.4 Å². The second-order valence-electron chi connectivity index (χ2n) is 19.9. The molecule has 0 amide bonds. The summed E-state index contributed by atoms with van der Waals surface area (Å²) in [6.07, 6.45) is 59.6. The molecule has 0 saturated heterocycles. The minimum Gasteiger partial charge on any atom is -0.748 e. The van der Waals surface area contributed by atoms with Crippen LogP contribution in [0.25, 0.3) is 0 Å². The summed E-state index contributed by atoms with van der Waals surface area (Å²) in [6, 6.07) is 0. The van der Waals surface area contributed by atoms with Crippen LogP contribution in [0.5, 0.6) is 0 Å². The Morgan fingerprint density at radius 2 is 0.500 bits per heavy atom. The molecule has 0 rings (SSSR count). The first kappa shape index (κ1) is 59.8. The van der Waals surface area contributed by atoms with Crippen molar-refractivity contribution in [2.75, 3.05) is 31.9 Å². The predicted molar refractivity (Wildman–Crippen MR) is 265 cm³/mol. The van der Waals surface area contributed by atoms with Crippen molar-refractivity contribution in [1.82, 2.24) is 0 Å². The fourth-order valence-corrected chi connectivity index (χ4v) is 10.4. The number of quaternary nitrogens is 1. The third-order valence-electron chi connectivity index (χ3n) is 13.7. The van der Waals surface area contributed by atoms with Crippen molar-refractivity contribution >= 4 is 10.1 Å². The van der Waals surface area contributed by atoms with Crippen LogP contribution in [0.1, 0.15) is 310 Å². The van der Waals surface area contributed by atoms with E-state index >= 15 is 0 Å². The average molecular weight is 871 g/mol. The fraction of sp³-hybridized carbons (Fsp3) is 1.00. The molecule has 5 nitrogen and oxygen atoms in total. The Hall–Kier alpha value is -0.170. The SMILES string of the molecule is CCCCCCCCCCCCCCCCC[N+](CCCCCCCCCCCCCCCCC)(CCCCCCCCCCCCCCCCC)CC(O)CS(=O)(=O)[O-]. The molecule has 0 aromatic carbocycles. The molecule has 0 aliphatic heterocycles. The molecule has 0 heterocycles. The number of unbranched alkanes of at least 4 members (excludes halogenated alkanes) is 42. The molecular weight excluding hydrogens is 759 g/mol. The minimum absolute atomic E-state index is 0.414. The lowest BCUT2D eigenvalue weighted by Gasteiger charge is -2.41. The monoisotopic (exact) mass is 870 g/mol. The number of rotatable bonds is 52. The normalized spacial score (nSPS) is 12.8. The Labute approximate surface area is 378 Å². The van der Waals surface area contributed by atoms with Gasteiger partial charge in [0.1, 0.15) is 12.6 Å².